The molecule has 0 bridgehead atoms. The first kappa shape index (κ1) is 10.5. The number of aromatic nitrogens is 5. The summed E-state index contributed by atoms with van der Waals surface area (Å²) in [4.78, 5) is 16.3. The maximum absolute atomic E-state index is 11.8. The van der Waals surface area contributed by atoms with E-state index in [-0.39, 0.29) is 5.56 Å². The lowest BCUT2D eigenvalue weighted by molar-refractivity contribution is 0.932. The first-order valence-corrected chi connectivity index (χ1v) is 6.43. The molecule has 0 radical (unpaired) electrons. The average Bonchev–Trinajstić information content (AvgIpc) is 2.96. The van der Waals surface area contributed by atoms with Crippen molar-refractivity contribution in [2.45, 2.75) is 0 Å². The number of hydrogen-bond donors (Lipinski definition) is 2. The second-order valence-corrected chi connectivity index (χ2v) is 5.61. The number of rotatable bonds is 2. The summed E-state index contributed by atoms with van der Waals surface area (Å²) in [5.41, 5.74) is -0.200. The van der Waals surface area contributed by atoms with Gasteiger partial charge in [-0.3, -0.25) is 9.89 Å². The molecule has 86 valence electrons. The van der Waals surface area contributed by atoms with Gasteiger partial charge >= 0.3 is 0 Å². The highest BCUT2D eigenvalue weighted by molar-refractivity contribution is 7.73. The molecule has 0 unspecified atom stereocenters. The molecule has 3 rings (SSSR count). The van der Waals surface area contributed by atoms with Crippen LogP contribution in [0.3, 0.4) is 0 Å². The summed E-state index contributed by atoms with van der Waals surface area (Å²) >= 11 is 7.44. The number of hydrogen-bond acceptors (Lipinski definition) is 8. The predicted molar refractivity (Wildman–Crippen MR) is 67.7 cm³/mol. The molecule has 0 saturated carbocycles. The van der Waals surface area contributed by atoms with E-state index < -0.39 is 0 Å². The van der Waals surface area contributed by atoms with E-state index in [0.717, 1.165) is 0 Å². The van der Waals surface area contributed by atoms with Crippen LogP contribution >= 0.6 is 34.9 Å². The Morgan fingerprint density at radius 3 is 3.12 bits per heavy atom. The lowest BCUT2D eigenvalue weighted by Crippen LogP contribution is -2.24. The van der Waals surface area contributed by atoms with Gasteiger partial charge in [-0.1, -0.05) is 22.7 Å². The summed E-state index contributed by atoms with van der Waals surface area (Å²) in [5.74, 6) is 0. The van der Waals surface area contributed by atoms with Crippen molar-refractivity contribution in [3.05, 3.63) is 25.2 Å². The third kappa shape index (κ3) is 1.85. The predicted octanol–water partition coefficient (Wildman–Crippen LogP) is 0.234. The molecule has 7 nitrogen and oxygen atoms in total. The third-order valence-corrected chi connectivity index (χ3v) is 3.88. The molecule has 0 saturated heterocycles. The van der Waals surface area contributed by atoms with Gasteiger partial charge in [0, 0.05) is 6.20 Å². The number of H-pyrrole nitrogens is 1. The van der Waals surface area contributed by atoms with Crippen molar-refractivity contribution in [1.29, 1.82) is 0 Å². The Kier molecular flexibility index (Phi) is 2.46. The summed E-state index contributed by atoms with van der Waals surface area (Å²) in [6, 6.07) is 0. The van der Waals surface area contributed by atoms with Gasteiger partial charge in [0.25, 0.3) is 5.56 Å². The van der Waals surface area contributed by atoms with Crippen LogP contribution in [0, 0.1) is 3.95 Å². The van der Waals surface area contributed by atoms with Gasteiger partial charge in [-0.25, -0.2) is 4.98 Å². The molecule has 10 heteroatoms. The van der Waals surface area contributed by atoms with Gasteiger partial charge < -0.3 is 5.32 Å². The summed E-state index contributed by atoms with van der Waals surface area (Å²) in [6.45, 7) is 0. The van der Waals surface area contributed by atoms with Crippen LogP contribution in [0.4, 0.5) is 5.13 Å². The van der Waals surface area contributed by atoms with Gasteiger partial charge in [0.15, 0.2) is 3.95 Å². The first-order chi connectivity index (χ1) is 8.24. The monoisotopic (exact) mass is 284 g/mol. The van der Waals surface area contributed by atoms with Crippen LogP contribution in [-0.2, 0) is 0 Å². The zero-order valence-electron chi connectivity index (χ0n) is 8.08. The molecule has 3 aromatic heterocycles. The van der Waals surface area contributed by atoms with Crippen LogP contribution in [0.25, 0.3) is 11.2 Å². The molecule has 0 aliphatic heterocycles. The van der Waals surface area contributed by atoms with Gasteiger partial charge in [0.05, 0.1) is 0 Å². The van der Waals surface area contributed by atoms with Crippen LogP contribution in [0.5, 0.6) is 0 Å². The molecule has 0 fully saturated rings. The number of anilines is 1. The molecule has 0 atom stereocenters. The van der Waals surface area contributed by atoms with Gasteiger partial charge in [-0.2, -0.15) is 9.61 Å². The third-order valence-electron chi connectivity index (χ3n) is 1.89. The second-order valence-electron chi connectivity index (χ2n) is 2.93. The minimum atomic E-state index is -0.200. The van der Waals surface area contributed by atoms with E-state index in [1.807, 2.05) is 0 Å². The first-order valence-electron chi connectivity index (χ1n) is 4.39. The summed E-state index contributed by atoms with van der Waals surface area (Å²) in [7, 11) is 0. The Bertz CT molecular complexity index is 826. The standard InChI is InChI=1S/C7H4N6OS3/c14-4-3(16-6-9-2-10-13(4)6)1-8-5-11-12-7(15)17-5/h1-2H,(H,8,11)(H,12,15)/b3-1-. The lowest BCUT2D eigenvalue weighted by atomic mass is 10.7. The zero-order chi connectivity index (χ0) is 11.8. The fourth-order valence-electron chi connectivity index (χ4n) is 1.20. The van der Waals surface area contributed by atoms with Gasteiger partial charge in [-0.05, 0) is 12.2 Å². The van der Waals surface area contributed by atoms with Crippen molar-refractivity contribution in [3.63, 3.8) is 0 Å². The van der Waals surface area contributed by atoms with E-state index >= 15 is 0 Å². The van der Waals surface area contributed by atoms with Crippen molar-refractivity contribution in [2.24, 2.45) is 0 Å². The molecule has 2 N–H and O–H groups in total. The molecular weight excluding hydrogens is 280 g/mol. The summed E-state index contributed by atoms with van der Waals surface area (Å²) < 4.78 is 2.35. The maximum atomic E-state index is 11.8. The van der Waals surface area contributed by atoms with E-state index in [1.165, 1.54) is 33.5 Å². The highest BCUT2D eigenvalue weighted by atomic mass is 32.1. The maximum Gasteiger partial charge on any atom is 0.292 e. The van der Waals surface area contributed by atoms with Gasteiger partial charge in [0.2, 0.25) is 10.1 Å². The highest BCUT2D eigenvalue weighted by Gasteiger charge is 2.04. The Morgan fingerprint density at radius 2 is 2.41 bits per heavy atom. The van der Waals surface area contributed by atoms with Crippen molar-refractivity contribution < 1.29 is 0 Å². The van der Waals surface area contributed by atoms with E-state index in [1.54, 1.807) is 6.20 Å². The van der Waals surface area contributed by atoms with Crippen molar-refractivity contribution in [2.75, 3.05) is 5.32 Å². The number of nitrogens with one attached hydrogen (secondary N) is 2. The molecule has 3 aromatic rings. The minimum absolute atomic E-state index is 0.200. The van der Waals surface area contributed by atoms with Crippen molar-refractivity contribution in [1.82, 2.24) is 24.8 Å². The Balaban J connectivity index is 2.03. The molecule has 17 heavy (non-hydrogen) atoms. The molecule has 0 amide bonds. The van der Waals surface area contributed by atoms with Crippen molar-refractivity contribution >= 4 is 51.2 Å². The topological polar surface area (TPSA) is 88.0 Å². The van der Waals surface area contributed by atoms with E-state index in [2.05, 4.69) is 25.6 Å². The number of thiazole rings is 1. The van der Waals surface area contributed by atoms with Crippen molar-refractivity contribution in [3.8, 4) is 0 Å². The van der Waals surface area contributed by atoms with Gasteiger partial charge in [0.1, 0.15) is 10.9 Å². The zero-order valence-corrected chi connectivity index (χ0v) is 10.5. The molecule has 0 aromatic carbocycles. The molecule has 0 aliphatic rings. The fraction of sp³-hybridized carbons (Fsp3) is 0. The van der Waals surface area contributed by atoms with Crippen LogP contribution < -0.4 is 15.4 Å². The lowest BCUT2D eigenvalue weighted by Gasteiger charge is -1.87. The van der Waals surface area contributed by atoms with E-state index in [4.69, 9.17) is 12.2 Å². The number of aromatic amines is 1. The number of nitrogens with zero attached hydrogens (tertiary/aromatic N) is 4. The summed E-state index contributed by atoms with van der Waals surface area (Å²) in [6.07, 6.45) is 2.93. The Hall–Kier alpha value is -1.65. The molecular formula is C7H4N6OS3. The molecule has 0 spiro atoms. The molecule has 0 aliphatic carbocycles. The highest BCUT2D eigenvalue weighted by Crippen LogP contribution is 2.10. The minimum Gasteiger partial charge on any atom is -0.335 e. The molecule has 3 heterocycles. The number of fused-ring (bicyclic) bond motifs is 1. The van der Waals surface area contributed by atoms with Crippen LogP contribution in [0.1, 0.15) is 0 Å². The smallest absolute Gasteiger partial charge is 0.292 e. The second kappa shape index (κ2) is 3.98. The average molecular weight is 284 g/mol. The van der Waals surface area contributed by atoms with E-state index in [9.17, 15) is 4.79 Å². The SMILES string of the molecule is O=c1/c(=C/Nc2n[nH]c(=S)s2)sc2ncnn12. The normalized spacial score (nSPS) is 12.4. The van der Waals surface area contributed by atoms with Crippen LogP contribution in [-0.4, -0.2) is 24.8 Å². The van der Waals surface area contributed by atoms with Gasteiger partial charge in [-0.15, -0.1) is 5.10 Å². The Morgan fingerprint density at radius 1 is 1.53 bits per heavy atom. The largest absolute Gasteiger partial charge is 0.335 e. The van der Waals surface area contributed by atoms with Crippen LogP contribution in [0.2, 0.25) is 0 Å². The van der Waals surface area contributed by atoms with Crippen LogP contribution in [0.15, 0.2) is 11.1 Å². The Labute approximate surface area is 106 Å². The summed E-state index contributed by atoms with van der Waals surface area (Å²) in [5, 5.41) is 13.9. The fourth-order valence-corrected chi connectivity index (χ4v) is 2.76. The van der Waals surface area contributed by atoms with E-state index in [0.29, 0.717) is 18.6 Å². The quantitative estimate of drug-likeness (QED) is 0.655.